The van der Waals surface area contributed by atoms with Crippen molar-refractivity contribution in [2.75, 3.05) is 39.9 Å². The Balaban J connectivity index is 0.0000152. The number of carbonyl (C=O) groups excluding carboxylic acids is 2. The van der Waals surface area contributed by atoms with Crippen molar-refractivity contribution in [2.45, 2.75) is 168 Å². The second-order valence-corrected chi connectivity index (χ2v) is 12.8. The Hall–Kier alpha value is -0.810. The summed E-state index contributed by atoms with van der Waals surface area (Å²) >= 11 is 0. The Kier molecular flexibility index (Phi) is 26.5. The van der Waals surface area contributed by atoms with Gasteiger partial charge in [0.05, 0.1) is 20.1 Å². The lowest BCUT2D eigenvalue weighted by Gasteiger charge is -2.38. The van der Waals surface area contributed by atoms with Gasteiger partial charge in [-0.25, -0.2) is 0 Å². The van der Waals surface area contributed by atoms with Gasteiger partial charge in [-0.05, 0) is 38.5 Å². The van der Waals surface area contributed by atoms with Gasteiger partial charge in [-0.15, -0.1) is 0 Å². The van der Waals surface area contributed by atoms with Gasteiger partial charge < -0.3 is 22.2 Å². The Morgan fingerprint density at radius 1 is 0.700 bits per heavy atom. The number of nitrogens with one attached hydrogen (secondary N) is 1. The predicted molar refractivity (Wildman–Crippen MR) is 168 cm³/mol. The van der Waals surface area contributed by atoms with Crippen LogP contribution in [0.2, 0.25) is 0 Å². The van der Waals surface area contributed by atoms with E-state index in [2.05, 4.69) is 31.1 Å². The number of likely N-dealkylation sites (tertiary alicyclic amines) is 1. The summed E-state index contributed by atoms with van der Waals surface area (Å²) in [7, 11) is 2.35. The van der Waals surface area contributed by atoms with Gasteiger partial charge in [0.25, 0.3) is 0 Å². The molecule has 0 radical (unpaired) electrons. The quantitative estimate of drug-likeness (QED) is 0.0938. The van der Waals surface area contributed by atoms with E-state index in [1.165, 1.54) is 116 Å². The van der Waals surface area contributed by atoms with E-state index in [0.717, 1.165) is 69.4 Å². The molecule has 2 amide bonds. The molecule has 1 aliphatic heterocycles. The van der Waals surface area contributed by atoms with E-state index in [4.69, 9.17) is 0 Å². The van der Waals surface area contributed by atoms with Crippen molar-refractivity contribution in [1.82, 2.24) is 10.2 Å². The second-order valence-electron chi connectivity index (χ2n) is 12.8. The summed E-state index contributed by atoms with van der Waals surface area (Å²) < 4.78 is 0.968. The van der Waals surface area contributed by atoms with Crippen molar-refractivity contribution in [3.05, 3.63) is 0 Å². The lowest BCUT2D eigenvalue weighted by molar-refractivity contribution is -0.918. The highest BCUT2D eigenvalue weighted by Crippen LogP contribution is 2.18. The van der Waals surface area contributed by atoms with E-state index in [-0.39, 0.29) is 18.3 Å². The van der Waals surface area contributed by atoms with Crippen LogP contribution >= 0.6 is 0 Å². The summed E-state index contributed by atoms with van der Waals surface area (Å²) in [6.45, 7) is 9.34. The molecule has 0 aromatic rings. The highest BCUT2D eigenvalue weighted by atomic mass is 35.5. The summed E-state index contributed by atoms with van der Waals surface area (Å²) in [4.78, 5) is 26.5. The highest BCUT2D eigenvalue weighted by molar-refractivity contribution is 5.77. The number of hydrogen-bond acceptors (Lipinski definition) is 2. The molecule has 1 heterocycles. The lowest BCUT2D eigenvalue weighted by Crippen LogP contribution is -3.00. The molecule has 1 aliphatic rings. The van der Waals surface area contributed by atoms with Crippen LogP contribution in [0.5, 0.6) is 0 Å². The molecule has 1 unspecified atom stereocenters. The predicted octanol–water partition coefficient (Wildman–Crippen LogP) is 5.76. The minimum atomic E-state index is 0. The first kappa shape index (κ1) is 39.2. The van der Waals surface area contributed by atoms with Gasteiger partial charge in [0.1, 0.15) is 0 Å². The molecule has 0 bridgehead atoms. The summed E-state index contributed by atoms with van der Waals surface area (Å²) in [6.07, 6.45) is 30.0. The molecular weight excluding hydrogens is 518 g/mol. The third-order valence-electron chi connectivity index (χ3n) is 8.69. The van der Waals surface area contributed by atoms with Crippen molar-refractivity contribution >= 4 is 11.8 Å². The van der Waals surface area contributed by atoms with Crippen LogP contribution < -0.4 is 17.7 Å². The molecule has 6 heteroatoms. The van der Waals surface area contributed by atoms with Crippen LogP contribution in [0.1, 0.15) is 168 Å². The van der Waals surface area contributed by atoms with Gasteiger partial charge in [-0.3, -0.25) is 14.5 Å². The SMILES string of the molecule is CCCCCCCCCCCCCCCC[N+](C)(CCCCNC(=O)CCCCCCC)CN1CCCC1=O.[Cl-]. The first-order valence-electron chi connectivity index (χ1n) is 17.4. The monoisotopic (exact) mass is 586 g/mol. The Morgan fingerprint density at radius 2 is 1.15 bits per heavy atom. The number of quaternary nitrogens is 1. The fourth-order valence-electron chi connectivity index (χ4n) is 6.03. The molecule has 0 aromatic heterocycles. The van der Waals surface area contributed by atoms with Gasteiger partial charge in [0.15, 0.2) is 6.67 Å². The van der Waals surface area contributed by atoms with Crippen LogP contribution in [0.25, 0.3) is 0 Å². The van der Waals surface area contributed by atoms with Gasteiger partial charge in [-0.1, -0.05) is 117 Å². The van der Waals surface area contributed by atoms with Crippen LogP contribution in [0.4, 0.5) is 0 Å². The summed E-state index contributed by atoms with van der Waals surface area (Å²) in [5.41, 5.74) is 0. The number of unbranched alkanes of at least 4 members (excludes halogenated alkanes) is 18. The van der Waals surface area contributed by atoms with Crippen molar-refractivity contribution in [1.29, 1.82) is 0 Å². The average Bonchev–Trinajstić information content (AvgIpc) is 3.32. The van der Waals surface area contributed by atoms with Gasteiger partial charge in [-0.2, -0.15) is 0 Å². The first-order valence-corrected chi connectivity index (χ1v) is 17.4. The van der Waals surface area contributed by atoms with E-state index < -0.39 is 0 Å². The maximum Gasteiger partial charge on any atom is 0.226 e. The first-order chi connectivity index (χ1) is 19.0. The van der Waals surface area contributed by atoms with Crippen LogP contribution in [-0.4, -0.2) is 61.1 Å². The van der Waals surface area contributed by atoms with Crippen molar-refractivity contribution in [2.24, 2.45) is 0 Å². The third kappa shape index (κ3) is 21.9. The number of halogens is 1. The molecule has 0 spiro atoms. The van der Waals surface area contributed by atoms with E-state index in [9.17, 15) is 9.59 Å². The van der Waals surface area contributed by atoms with E-state index in [1.54, 1.807) is 0 Å². The number of carbonyl (C=O) groups is 2. The topological polar surface area (TPSA) is 49.4 Å². The molecule has 0 aliphatic carbocycles. The normalized spacial score (nSPS) is 14.8. The van der Waals surface area contributed by atoms with Crippen LogP contribution in [0, 0.1) is 0 Å². The molecule has 238 valence electrons. The molecule has 1 atom stereocenters. The second kappa shape index (κ2) is 27.0. The number of amides is 2. The lowest BCUT2D eigenvalue weighted by atomic mass is 10.0. The number of nitrogens with zero attached hydrogens (tertiary/aromatic N) is 2. The molecule has 0 aromatic carbocycles. The molecule has 1 fully saturated rings. The summed E-state index contributed by atoms with van der Waals surface area (Å²) in [5, 5.41) is 3.13. The summed E-state index contributed by atoms with van der Waals surface area (Å²) in [6, 6.07) is 0. The Labute approximate surface area is 256 Å². The molecule has 5 nitrogen and oxygen atoms in total. The van der Waals surface area contributed by atoms with Gasteiger partial charge in [0, 0.05) is 25.9 Å². The van der Waals surface area contributed by atoms with Gasteiger partial charge >= 0.3 is 0 Å². The van der Waals surface area contributed by atoms with E-state index in [1.807, 2.05) is 0 Å². The van der Waals surface area contributed by atoms with Crippen molar-refractivity contribution in [3.8, 4) is 0 Å². The van der Waals surface area contributed by atoms with Crippen molar-refractivity contribution < 1.29 is 26.5 Å². The standard InChI is InChI=1S/C34H67N3O2.ClH/c1-4-6-8-10-11-12-13-14-15-16-17-18-20-23-30-37(3,32-36-29-25-27-34(36)39)31-24-22-28-35-33(38)26-21-19-9-7-5-2;/h4-32H2,1-3H3;1H. The van der Waals surface area contributed by atoms with E-state index in [0.29, 0.717) is 12.3 Å². The van der Waals surface area contributed by atoms with Crippen molar-refractivity contribution in [3.63, 3.8) is 0 Å². The molecule has 1 saturated heterocycles. The van der Waals surface area contributed by atoms with Crippen LogP contribution in [0.3, 0.4) is 0 Å². The maximum absolute atomic E-state index is 12.3. The minimum Gasteiger partial charge on any atom is -1.00 e. The molecule has 40 heavy (non-hydrogen) atoms. The van der Waals surface area contributed by atoms with Gasteiger partial charge in [0.2, 0.25) is 11.8 Å². The zero-order valence-corrected chi connectivity index (χ0v) is 27.9. The average molecular weight is 586 g/mol. The molecule has 1 N–H and O–H groups in total. The zero-order valence-electron chi connectivity index (χ0n) is 27.1. The Morgan fingerprint density at radius 3 is 1.62 bits per heavy atom. The molecule has 1 rings (SSSR count). The fraction of sp³-hybridized carbons (Fsp3) is 0.941. The maximum atomic E-state index is 12.3. The number of hydrogen-bond donors (Lipinski definition) is 1. The molecular formula is C34H68ClN3O2. The zero-order chi connectivity index (χ0) is 28.4. The highest BCUT2D eigenvalue weighted by Gasteiger charge is 2.29. The minimum absolute atomic E-state index is 0. The fourth-order valence-corrected chi connectivity index (χ4v) is 6.03. The summed E-state index contributed by atoms with van der Waals surface area (Å²) in [5.74, 6) is 0.556. The van der Waals surface area contributed by atoms with Crippen LogP contribution in [-0.2, 0) is 9.59 Å². The van der Waals surface area contributed by atoms with E-state index >= 15 is 0 Å². The number of rotatable bonds is 28. The Bertz CT molecular complexity index is 604. The molecule has 0 saturated carbocycles. The largest absolute Gasteiger partial charge is 1.00 e. The van der Waals surface area contributed by atoms with Crippen LogP contribution in [0.15, 0.2) is 0 Å². The smallest absolute Gasteiger partial charge is 0.226 e. The third-order valence-corrected chi connectivity index (χ3v) is 8.69.